The van der Waals surface area contributed by atoms with Crippen LogP contribution in [0.25, 0.3) is 0 Å². The lowest BCUT2D eigenvalue weighted by Gasteiger charge is -2.54. The summed E-state index contributed by atoms with van der Waals surface area (Å²) in [5.74, 6) is 0.00544. The number of hydrogen-bond acceptors (Lipinski definition) is 4. The fourth-order valence-electron chi connectivity index (χ4n) is 6.33. The Morgan fingerprint density at radius 1 is 1.46 bits per heavy atom. The van der Waals surface area contributed by atoms with Gasteiger partial charge in [-0.2, -0.15) is 0 Å². The number of aliphatic hydroxyl groups is 1. The summed E-state index contributed by atoms with van der Waals surface area (Å²) in [6.07, 6.45) is 3.21. The van der Waals surface area contributed by atoms with Gasteiger partial charge in [0.1, 0.15) is 5.60 Å². The second-order valence-corrected chi connectivity index (χ2v) is 8.53. The number of guanidine groups is 1. The summed E-state index contributed by atoms with van der Waals surface area (Å²) < 4.78 is 5.23. The molecule has 0 unspecified atom stereocenters. The lowest BCUT2D eigenvalue weighted by molar-refractivity contribution is -0.137. The molecule has 2 fully saturated rings. The van der Waals surface area contributed by atoms with Gasteiger partial charge in [-0.05, 0) is 48.5 Å². The maximum absolute atomic E-state index is 12.1. The summed E-state index contributed by atoms with van der Waals surface area (Å²) in [7, 11) is 3.14. The van der Waals surface area contributed by atoms with Crippen molar-refractivity contribution in [3.05, 3.63) is 11.1 Å². The molecule has 0 radical (unpaired) electrons. The molecule has 26 heavy (non-hydrogen) atoms. The van der Waals surface area contributed by atoms with Crippen molar-refractivity contribution in [2.45, 2.75) is 45.1 Å². The van der Waals surface area contributed by atoms with E-state index in [1.807, 2.05) is 0 Å². The second-order valence-electron chi connectivity index (χ2n) is 8.53. The molecule has 0 aromatic heterocycles. The average molecular weight is 365 g/mol. The van der Waals surface area contributed by atoms with Crippen molar-refractivity contribution < 1.29 is 19.7 Å². The lowest BCUT2D eigenvalue weighted by Crippen LogP contribution is -2.55. The smallest absolute Gasteiger partial charge is 0.334 e. The third-order valence-corrected chi connectivity index (χ3v) is 7.51. The number of hydrogen-bond donors (Lipinski definition) is 4. The van der Waals surface area contributed by atoms with Gasteiger partial charge in [0, 0.05) is 26.1 Å². The molecule has 3 aliphatic carbocycles. The Hall–Kier alpha value is -1.60. The third kappa shape index (κ3) is 2.33. The number of ether oxygens (including phenoxy) is 1. The van der Waals surface area contributed by atoms with Gasteiger partial charge in [0.05, 0.1) is 12.2 Å². The molecule has 1 spiro atoms. The van der Waals surface area contributed by atoms with Crippen LogP contribution in [0.4, 0.5) is 0 Å². The highest BCUT2D eigenvalue weighted by atomic mass is 16.5. The Morgan fingerprint density at radius 2 is 2.15 bits per heavy atom. The quantitative estimate of drug-likeness (QED) is 0.428. The van der Waals surface area contributed by atoms with Crippen molar-refractivity contribution in [1.29, 1.82) is 0 Å². The molecule has 3 aliphatic rings. The van der Waals surface area contributed by atoms with Gasteiger partial charge >= 0.3 is 5.97 Å². The Labute approximate surface area is 154 Å². The van der Waals surface area contributed by atoms with E-state index in [0.717, 1.165) is 24.8 Å². The predicted molar refractivity (Wildman–Crippen MR) is 98.7 cm³/mol. The topological polar surface area (TPSA) is 117 Å². The average Bonchev–Trinajstić information content (AvgIpc) is 2.90. The van der Waals surface area contributed by atoms with Crippen LogP contribution in [0.5, 0.6) is 0 Å². The molecule has 2 saturated carbocycles. The van der Waals surface area contributed by atoms with Crippen LogP contribution < -0.4 is 11.1 Å². The van der Waals surface area contributed by atoms with Crippen molar-refractivity contribution in [2.75, 3.05) is 27.3 Å². The minimum atomic E-state index is -1.45. The molecule has 146 valence electrons. The molecule has 3 rings (SSSR count). The van der Waals surface area contributed by atoms with E-state index in [1.165, 1.54) is 7.11 Å². The number of nitrogens with one attached hydrogen (secondary N) is 1. The van der Waals surface area contributed by atoms with Gasteiger partial charge in [0.2, 0.25) is 0 Å². The monoisotopic (exact) mass is 365 g/mol. The molecule has 0 amide bonds. The van der Waals surface area contributed by atoms with Crippen LogP contribution >= 0.6 is 0 Å². The molecular formula is C19H31N3O4. The van der Waals surface area contributed by atoms with Gasteiger partial charge in [-0.3, -0.25) is 4.99 Å². The summed E-state index contributed by atoms with van der Waals surface area (Å²) in [6, 6.07) is 0. The lowest BCUT2D eigenvalue weighted by atomic mass is 9.51. The first-order valence-corrected chi connectivity index (χ1v) is 9.31. The van der Waals surface area contributed by atoms with Crippen molar-refractivity contribution in [2.24, 2.45) is 33.4 Å². The molecule has 0 saturated heterocycles. The largest absolute Gasteiger partial charge is 0.478 e. The van der Waals surface area contributed by atoms with Gasteiger partial charge in [0.25, 0.3) is 0 Å². The Morgan fingerprint density at radius 3 is 2.73 bits per heavy atom. The van der Waals surface area contributed by atoms with Gasteiger partial charge in [-0.1, -0.05) is 13.8 Å². The van der Waals surface area contributed by atoms with Crippen LogP contribution in [0.2, 0.25) is 0 Å². The van der Waals surface area contributed by atoms with Crippen LogP contribution in [-0.2, 0) is 9.53 Å². The first-order valence-electron chi connectivity index (χ1n) is 9.31. The Bertz CT molecular complexity index is 676. The summed E-state index contributed by atoms with van der Waals surface area (Å²) in [4.78, 5) is 16.1. The molecule has 2 bridgehead atoms. The molecule has 7 nitrogen and oxygen atoms in total. The predicted octanol–water partition coefficient (Wildman–Crippen LogP) is 1.13. The number of aliphatic carboxylic acids is 1. The van der Waals surface area contributed by atoms with Gasteiger partial charge in [0.15, 0.2) is 5.96 Å². The van der Waals surface area contributed by atoms with Crippen molar-refractivity contribution in [3.8, 4) is 0 Å². The summed E-state index contributed by atoms with van der Waals surface area (Å²) in [5, 5.41) is 24.4. The highest BCUT2D eigenvalue weighted by Crippen LogP contribution is 2.74. The normalized spacial score (nSPS) is 42.1. The number of allylic oxidation sites excluding steroid dienone is 1. The number of aliphatic imine (C=N–C) groups is 1. The van der Waals surface area contributed by atoms with E-state index >= 15 is 0 Å². The number of methoxy groups -OCH3 is 1. The van der Waals surface area contributed by atoms with E-state index in [9.17, 15) is 15.0 Å². The van der Waals surface area contributed by atoms with Crippen molar-refractivity contribution in [3.63, 3.8) is 0 Å². The number of fused-ring (bicyclic) bond motifs is 1. The summed E-state index contributed by atoms with van der Waals surface area (Å²) >= 11 is 0. The van der Waals surface area contributed by atoms with E-state index in [2.05, 4.69) is 24.2 Å². The van der Waals surface area contributed by atoms with Gasteiger partial charge < -0.3 is 26.0 Å². The number of nitrogens with zero attached hydrogens (tertiary/aromatic N) is 1. The van der Waals surface area contributed by atoms with E-state index in [1.54, 1.807) is 7.05 Å². The number of carboxylic acids is 1. The van der Waals surface area contributed by atoms with Crippen molar-refractivity contribution in [1.82, 2.24) is 5.32 Å². The molecule has 0 aromatic carbocycles. The molecule has 5 atom stereocenters. The highest BCUT2D eigenvalue weighted by molar-refractivity contribution is 5.92. The molecule has 0 aromatic rings. The minimum absolute atomic E-state index is 0.000659. The number of carbonyl (C=O) groups is 1. The minimum Gasteiger partial charge on any atom is -0.478 e. The SMILES string of the molecule is CN=C(N)NC[C@]1(C)[C@@H]2CC[C@@H](C)[C@]13C[C@](O)(COC)C(C(=O)O)=C3C2. The maximum atomic E-state index is 12.1. The fourth-order valence-corrected chi connectivity index (χ4v) is 6.33. The molecule has 0 aliphatic heterocycles. The van der Waals surface area contributed by atoms with Crippen molar-refractivity contribution >= 4 is 11.9 Å². The van der Waals surface area contributed by atoms with Crippen LogP contribution in [0, 0.1) is 22.7 Å². The van der Waals surface area contributed by atoms with E-state index < -0.39 is 11.6 Å². The van der Waals surface area contributed by atoms with Gasteiger partial charge in [-0.15, -0.1) is 0 Å². The van der Waals surface area contributed by atoms with E-state index in [0.29, 0.717) is 24.8 Å². The standard InChI is InChI=1S/C19H31N3O4/c1-11-5-6-12-7-13-14(15(23)24)18(25,10-26-4)8-19(11,13)17(12,2)9-22-16(20)21-3/h11-12,25H,5-10H2,1-4H3,(H,23,24)(H3,20,21,22)/t11-,12-,17-,18+,19+/m1/s1. The van der Waals surface area contributed by atoms with Crippen LogP contribution in [0.15, 0.2) is 16.1 Å². The van der Waals surface area contributed by atoms with Gasteiger partial charge in [-0.25, -0.2) is 4.79 Å². The summed E-state index contributed by atoms with van der Waals surface area (Å²) in [6.45, 7) is 5.02. The zero-order valence-corrected chi connectivity index (χ0v) is 16.1. The number of rotatable bonds is 5. The van der Waals surface area contributed by atoms with E-state index in [4.69, 9.17) is 10.5 Å². The Balaban J connectivity index is 2.13. The van der Waals surface area contributed by atoms with E-state index in [-0.39, 0.29) is 28.9 Å². The fraction of sp³-hybridized carbons (Fsp3) is 0.789. The van der Waals surface area contributed by atoms with Crippen LogP contribution in [-0.4, -0.2) is 55.1 Å². The number of nitrogens with two attached hydrogens (primary N) is 1. The Kier molecular flexibility index (Phi) is 4.60. The first kappa shape index (κ1) is 19.2. The maximum Gasteiger partial charge on any atom is 0.334 e. The zero-order valence-electron chi connectivity index (χ0n) is 16.1. The molecule has 0 heterocycles. The first-order chi connectivity index (χ1) is 12.2. The molecular weight excluding hydrogens is 334 g/mol. The van der Waals surface area contributed by atoms with Crippen LogP contribution in [0.1, 0.15) is 39.5 Å². The third-order valence-electron chi connectivity index (χ3n) is 7.51. The van der Waals surface area contributed by atoms with Crippen LogP contribution in [0.3, 0.4) is 0 Å². The molecule has 7 heteroatoms. The molecule has 5 N–H and O–H groups in total. The highest BCUT2D eigenvalue weighted by Gasteiger charge is 2.71. The second kappa shape index (κ2) is 6.23. The summed E-state index contributed by atoms with van der Waals surface area (Å²) in [5.41, 5.74) is 4.95. The zero-order chi connectivity index (χ0) is 19.3. The number of carboxylic acid groups (broad SMARTS) is 1.